The van der Waals surface area contributed by atoms with Crippen LogP contribution in [0.15, 0.2) is 24.4 Å². The van der Waals surface area contributed by atoms with Crippen molar-refractivity contribution in [1.82, 2.24) is 15.2 Å². The molecule has 1 aromatic rings. The lowest BCUT2D eigenvalue weighted by Crippen LogP contribution is -2.27. The molecule has 1 amide bonds. The molecule has 0 bridgehead atoms. The highest BCUT2D eigenvalue weighted by atomic mass is 35.5. The first kappa shape index (κ1) is 17.6. The van der Waals surface area contributed by atoms with Gasteiger partial charge >= 0.3 is 0 Å². The minimum Gasteiger partial charge on any atom is -0.312 e. The van der Waals surface area contributed by atoms with Gasteiger partial charge in [-0.25, -0.2) is 0 Å². The van der Waals surface area contributed by atoms with E-state index >= 15 is 0 Å². The molecule has 0 saturated heterocycles. The van der Waals surface area contributed by atoms with Crippen molar-refractivity contribution >= 4 is 24.0 Å². The van der Waals surface area contributed by atoms with Gasteiger partial charge in [-0.2, -0.15) is 0 Å². The third-order valence-electron chi connectivity index (χ3n) is 3.35. The third-order valence-corrected chi connectivity index (χ3v) is 3.35. The summed E-state index contributed by atoms with van der Waals surface area (Å²) < 4.78 is 0. The summed E-state index contributed by atoms with van der Waals surface area (Å²) in [7, 11) is 5.72. The van der Waals surface area contributed by atoms with Crippen molar-refractivity contribution in [2.75, 3.05) is 39.1 Å². The van der Waals surface area contributed by atoms with E-state index in [2.05, 4.69) is 10.3 Å². The summed E-state index contributed by atoms with van der Waals surface area (Å²) in [5, 5.41) is 3.32. The summed E-state index contributed by atoms with van der Waals surface area (Å²) in [5.74, 6) is -0.0302. The summed E-state index contributed by atoms with van der Waals surface area (Å²) >= 11 is 0. The Morgan fingerprint density at radius 2 is 2.19 bits per heavy atom. The summed E-state index contributed by atoms with van der Waals surface area (Å²) in [6, 6.07) is 2.05. The second-order valence-corrected chi connectivity index (χ2v) is 5.29. The lowest BCUT2D eigenvalue weighted by atomic mass is 10.1. The molecule has 2 rings (SSSR count). The minimum absolute atomic E-state index is 0. The Balaban J connectivity index is 0.00000220. The van der Waals surface area contributed by atoms with Gasteiger partial charge in [-0.05, 0) is 25.7 Å². The van der Waals surface area contributed by atoms with Crippen LogP contribution in [0.3, 0.4) is 0 Å². The molecule has 116 valence electrons. The van der Waals surface area contributed by atoms with Crippen LogP contribution in [0, 0.1) is 0 Å². The molecular weight excluding hydrogens is 288 g/mol. The zero-order chi connectivity index (χ0) is 14.5. The van der Waals surface area contributed by atoms with E-state index in [1.807, 2.05) is 31.1 Å². The van der Waals surface area contributed by atoms with E-state index < -0.39 is 0 Å². The molecule has 0 saturated carbocycles. The molecule has 0 radical (unpaired) electrons. The SMILES string of the molecule is CN(C)C/C=C/C(=O)N(C)c1cnc2c(c1)CNCC2.Cl. The van der Waals surface area contributed by atoms with Crippen LogP contribution in [0.4, 0.5) is 5.69 Å². The second kappa shape index (κ2) is 8.12. The van der Waals surface area contributed by atoms with Crippen molar-refractivity contribution in [2.24, 2.45) is 0 Å². The van der Waals surface area contributed by atoms with E-state index in [0.29, 0.717) is 0 Å². The van der Waals surface area contributed by atoms with E-state index in [0.717, 1.165) is 37.4 Å². The maximum atomic E-state index is 12.1. The molecule has 6 heteroatoms. The van der Waals surface area contributed by atoms with Crippen LogP contribution in [0.1, 0.15) is 11.3 Å². The first-order chi connectivity index (χ1) is 9.58. The number of fused-ring (bicyclic) bond motifs is 1. The number of likely N-dealkylation sites (N-methyl/N-ethyl adjacent to an activating group) is 2. The Morgan fingerprint density at radius 1 is 1.43 bits per heavy atom. The number of nitrogens with zero attached hydrogens (tertiary/aromatic N) is 3. The number of halogens is 1. The minimum atomic E-state index is -0.0302. The molecule has 21 heavy (non-hydrogen) atoms. The lowest BCUT2D eigenvalue weighted by molar-refractivity contribution is -0.113. The van der Waals surface area contributed by atoms with Gasteiger partial charge in [0.05, 0.1) is 11.9 Å². The molecule has 0 atom stereocenters. The van der Waals surface area contributed by atoms with Gasteiger partial charge in [0.1, 0.15) is 0 Å². The number of nitrogens with one attached hydrogen (secondary N) is 1. The van der Waals surface area contributed by atoms with Crippen molar-refractivity contribution in [3.05, 3.63) is 35.7 Å². The Morgan fingerprint density at radius 3 is 2.90 bits per heavy atom. The molecule has 0 unspecified atom stereocenters. The van der Waals surface area contributed by atoms with Gasteiger partial charge in [0.2, 0.25) is 5.91 Å². The standard InChI is InChI=1S/C15H22N4O.ClH/c1-18(2)8-4-5-15(20)19(3)13-9-12-10-16-7-6-14(12)17-11-13;/h4-5,9,11,16H,6-8,10H2,1-3H3;1H/b5-4+;. The van der Waals surface area contributed by atoms with E-state index in [4.69, 9.17) is 0 Å². The van der Waals surface area contributed by atoms with Crippen LogP contribution in [-0.4, -0.2) is 50.0 Å². The number of rotatable bonds is 4. The molecule has 1 N–H and O–H groups in total. The third kappa shape index (κ3) is 4.81. The van der Waals surface area contributed by atoms with Crippen LogP contribution in [0.2, 0.25) is 0 Å². The number of carbonyl (C=O) groups is 1. The first-order valence-electron chi connectivity index (χ1n) is 6.85. The number of hydrogen-bond acceptors (Lipinski definition) is 4. The topological polar surface area (TPSA) is 48.5 Å². The lowest BCUT2D eigenvalue weighted by Gasteiger charge is -2.20. The van der Waals surface area contributed by atoms with Crippen LogP contribution in [0.25, 0.3) is 0 Å². The molecule has 1 aromatic heterocycles. The van der Waals surface area contributed by atoms with Gasteiger partial charge in [0, 0.05) is 44.9 Å². The number of hydrogen-bond donors (Lipinski definition) is 1. The van der Waals surface area contributed by atoms with Gasteiger partial charge in [-0.3, -0.25) is 9.78 Å². The summed E-state index contributed by atoms with van der Waals surface area (Å²) in [6.07, 6.45) is 6.21. The zero-order valence-electron chi connectivity index (χ0n) is 12.8. The molecule has 1 aliphatic rings. The van der Waals surface area contributed by atoms with Gasteiger partial charge in [-0.15, -0.1) is 12.4 Å². The zero-order valence-corrected chi connectivity index (χ0v) is 13.6. The number of amides is 1. The molecule has 5 nitrogen and oxygen atoms in total. The van der Waals surface area contributed by atoms with Crippen molar-refractivity contribution in [2.45, 2.75) is 13.0 Å². The fraction of sp³-hybridized carbons (Fsp3) is 0.467. The predicted molar refractivity (Wildman–Crippen MR) is 88.0 cm³/mol. The van der Waals surface area contributed by atoms with Gasteiger partial charge in [-0.1, -0.05) is 6.08 Å². The van der Waals surface area contributed by atoms with E-state index in [1.165, 1.54) is 5.56 Å². The van der Waals surface area contributed by atoms with Crippen molar-refractivity contribution in [3.63, 3.8) is 0 Å². The quantitative estimate of drug-likeness (QED) is 0.850. The average Bonchev–Trinajstić information content (AvgIpc) is 2.45. The molecule has 0 fully saturated rings. The fourth-order valence-electron chi connectivity index (χ4n) is 2.12. The molecule has 2 heterocycles. The monoisotopic (exact) mass is 310 g/mol. The summed E-state index contributed by atoms with van der Waals surface area (Å²) in [4.78, 5) is 20.2. The smallest absolute Gasteiger partial charge is 0.250 e. The van der Waals surface area contributed by atoms with Gasteiger partial charge < -0.3 is 15.1 Å². The highest BCUT2D eigenvalue weighted by molar-refractivity contribution is 6.00. The van der Waals surface area contributed by atoms with Gasteiger partial charge in [0.25, 0.3) is 0 Å². The maximum absolute atomic E-state index is 12.1. The molecule has 1 aliphatic heterocycles. The summed E-state index contributed by atoms with van der Waals surface area (Å²) in [6.45, 7) is 2.56. The molecule has 0 spiro atoms. The van der Waals surface area contributed by atoms with Gasteiger partial charge in [0.15, 0.2) is 0 Å². The van der Waals surface area contributed by atoms with Crippen LogP contribution < -0.4 is 10.2 Å². The number of anilines is 1. The maximum Gasteiger partial charge on any atom is 0.250 e. The number of pyridine rings is 1. The van der Waals surface area contributed by atoms with Crippen LogP contribution >= 0.6 is 12.4 Å². The fourth-order valence-corrected chi connectivity index (χ4v) is 2.12. The molecular formula is C15H23ClN4O. The first-order valence-corrected chi connectivity index (χ1v) is 6.85. The van der Waals surface area contributed by atoms with E-state index in [1.54, 1.807) is 24.2 Å². The van der Waals surface area contributed by atoms with E-state index in [9.17, 15) is 4.79 Å². The average molecular weight is 311 g/mol. The Labute approximate surface area is 132 Å². The largest absolute Gasteiger partial charge is 0.312 e. The summed E-state index contributed by atoms with van der Waals surface area (Å²) in [5.41, 5.74) is 3.16. The Bertz CT molecular complexity index is 516. The number of aromatic nitrogens is 1. The molecule has 0 aliphatic carbocycles. The predicted octanol–water partition coefficient (Wildman–Crippen LogP) is 1.23. The Kier molecular flexibility index (Phi) is 6.81. The van der Waals surface area contributed by atoms with Crippen molar-refractivity contribution < 1.29 is 4.79 Å². The van der Waals surface area contributed by atoms with E-state index in [-0.39, 0.29) is 18.3 Å². The van der Waals surface area contributed by atoms with Crippen LogP contribution in [-0.2, 0) is 17.8 Å². The highest BCUT2D eigenvalue weighted by Gasteiger charge is 2.14. The van der Waals surface area contributed by atoms with Crippen molar-refractivity contribution in [3.8, 4) is 0 Å². The second-order valence-electron chi connectivity index (χ2n) is 5.29. The normalized spacial score (nSPS) is 13.9. The number of carbonyl (C=O) groups excluding carboxylic acids is 1. The van der Waals surface area contributed by atoms with Crippen LogP contribution in [0.5, 0.6) is 0 Å². The van der Waals surface area contributed by atoms with Crippen molar-refractivity contribution in [1.29, 1.82) is 0 Å². The highest BCUT2D eigenvalue weighted by Crippen LogP contribution is 2.19. The molecule has 0 aromatic carbocycles. The Hall–Kier alpha value is -1.43.